The monoisotopic (exact) mass is 315 g/mol. The molecular formula is C15H22ClNO2S. The normalized spacial score (nSPS) is 13.1. The van der Waals surface area contributed by atoms with Crippen LogP contribution >= 0.6 is 23.4 Å². The lowest BCUT2D eigenvalue weighted by atomic mass is 9.90. The Labute approximate surface area is 130 Å². The highest BCUT2D eigenvalue weighted by Gasteiger charge is 2.20. The van der Waals surface area contributed by atoms with Crippen LogP contribution < -0.4 is 5.32 Å². The molecule has 0 spiro atoms. The largest absolute Gasteiger partial charge is 0.396 e. The van der Waals surface area contributed by atoms with Crippen molar-refractivity contribution in [2.75, 3.05) is 13.2 Å². The minimum atomic E-state index is -0.166. The lowest BCUT2D eigenvalue weighted by Crippen LogP contribution is -2.38. The minimum Gasteiger partial charge on any atom is -0.396 e. The van der Waals surface area contributed by atoms with Crippen molar-refractivity contribution in [1.82, 2.24) is 5.32 Å². The summed E-state index contributed by atoms with van der Waals surface area (Å²) >= 11 is 7.34. The molecule has 0 fully saturated rings. The number of aliphatic hydroxyl groups is 1. The number of thioether (sulfide) groups is 1. The van der Waals surface area contributed by atoms with Crippen molar-refractivity contribution >= 4 is 29.3 Å². The van der Waals surface area contributed by atoms with Crippen LogP contribution in [-0.2, 0) is 4.79 Å². The van der Waals surface area contributed by atoms with E-state index in [4.69, 9.17) is 16.7 Å². The Morgan fingerprint density at radius 1 is 1.40 bits per heavy atom. The van der Waals surface area contributed by atoms with Gasteiger partial charge in [0.1, 0.15) is 0 Å². The first-order valence-electron chi connectivity index (χ1n) is 6.65. The average molecular weight is 316 g/mol. The van der Waals surface area contributed by atoms with Gasteiger partial charge in [0.15, 0.2) is 0 Å². The third kappa shape index (κ3) is 6.16. The maximum absolute atomic E-state index is 12.0. The van der Waals surface area contributed by atoms with E-state index in [2.05, 4.69) is 5.32 Å². The van der Waals surface area contributed by atoms with Gasteiger partial charge in [0.05, 0.1) is 5.25 Å². The van der Waals surface area contributed by atoms with Gasteiger partial charge in [0.2, 0.25) is 5.91 Å². The number of hydrogen-bond donors (Lipinski definition) is 2. The molecule has 112 valence electrons. The van der Waals surface area contributed by atoms with Crippen LogP contribution in [0, 0.1) is 5.41 Å². The minimum absolute atomic E-state index is 0.0102. The predicted molar refractivity (Wildman–Crippen MR) is 85.3 cm³/mol. The van der Waals surface area contributed by atoms with Crippen molar-refractivity contribution in [1.29, 1.82) is 0 Å². The summed E-state index contributed by atoms with van der Waals surface area (Å²) in [6.07, 6.45) is 0.673. The summed E-state index contributed by atoms with van der Waals surface area (Å²) in [7, 11) is 0. The smallest absolute Gasteiger partial charge is 0.233 e. The maximum atomic E-state index is 12.0. The Morgan fingerprint density at radius 3 is 2.55 bits per heavy atom. The summed E-state index contributed by atoms with van der Waals surface area (Å²) in [5.41, 5.74) is -0.0882. The first-order chi connectivity index (χ1) is 9.34. The second-order valence-electron chi connectivity index (χ2n) is 5.57. The van der Waals surface area contributed by atoms with Crippen LogP contribution in [-0.4, -0.2) is 29.4 Å². The molecule has 0 aliphatic rings. The van der Waals surface area contributed by atoms with E-state index < -0.39 is 0 Å². The number of carbonyl (C=O) groups excluding carboxylic acids is 1. The number of benzene rings is 1. The van der Waals surface area contributed by atoms with Crippen molar-refractivity contribution in [2.24, 2.45) is 5.41 Å². The molecule has 1 rings (SSSR count). The fourth-order valence-corrected chi connectivity index (χ4v) is 2.65. The molecule has 3 nitrogen and oxygen atoms in total. The van der Waals surface area contributed by atoms with Gasteiger partial charge in [-0.3, -0.25) is 4.79 Å². The fourth-order valence-electron chi connectivity index (χ4n) is 1.63. The van der Waals surface area contributed by atoms with Crippen LogP contribution in [0.25, 0.3) is 0 Å². The summed E-state index contributed by atoms with van der Waals surface area (Å²) in [6, 6.07) is 7.46. The number of hydrogen-bond acceptors (Lipinski definition) is 3. The summed E-state index contributed by atoms with van der Waals surface area (Å²) in [5, 5.41) is 12.4. The summed E-state index contributed by atoms with van der Waals surface area (Å²) in [4.78, 5) is 13.1. The summed E-state index contributed by atoms with van der Waals surface area (Å²) in [6.45, 7) is 6.64. The Kier molecular flexibility index (Phi) is 6.86. The molecule has 0 saturated carbocycles. The molecular weight excluding hydrogens is 294 g/mol. The molecule has 0 aromatic heterocycles. The molecule has 1 aromatic carbocycles. The van der Waals surface area contributed by atoms with Crippen molar-refractivity contribution in [3.05, 3.63) is 29.3 Å². The van der Waals surface area contributed by atoms with Gasteiger partial charge < -0.3 is 10.4 Å². The Hall–Kier alpha value is -0.710. The Morgan fingerprint density at radius 2 is 2.00 bits per heavy atom. The van der Waals surface area contributed by atoms with Crippen molar-refractivity contribution in [3.63, 3.8) is 0 Å². The van der Waals surface area contributed by atoms with E-state index in [1.807, 2.05) is 45.0 Å². The van der Waals surface area contributed by atoms with E-state index in [0.29, 0.717) is 18.0 Å². The third-order valence-corrected chi connectivity index (χ3v) is 4.39. The average Bonchev–Trinajstić information content (AvgIpc) is 2.38. The molecule has 0 aliphatic heterocycles. The van der Waals surface area contributed by atoms with Crippen molar-refractivity contribution in [3.8, 4) is 0 Å². The first kappa shape index (κ1) is 17.3. The zero-order valence-electron chi connectivity index (χ0n) is 12.1. The molecule has 0 heterocycles. The van der Waals surface area contributed by atoms with E-state index in [0.717, 1.165) is 4.90 Å². The highest BCUT2D eigenvalue weighted by molar-refractivity contribution is 8.00. The molecule has 20 heavy (non-hydrogen) atoms. The standard InChI is InChI=1S/C15H22ClNO2S/c1-11(20-13-6-4-12(16)5-7-13)14(19)17-10-15(2,3)8-9-18/h4-7,11,18H,8-10H2,1-3H3,(H,17,19). The molecule has 1 aromatic rings. The number of amides is 1. The second-order valence-corrected chi connectivity index (χ2v) is 7.42. The van der Waals surface area contributed by atoms with Crippen LogP contribution in [0.5, 0.6) is 0 Å². The van der Waals surface area contributed by atoms with E-state index in [1.165, 1.54) is 11.8 Å². The van der Waals surface area contributed by atoms with Crippen LogP contribution in [0.4, 0.5) is 0 Å². The van der Waals surface area contributed by atoms with Crippen LogP contribution in [0.15, 0.2) is 29.2 Å². The zero-order chi connectivity index (χ0) is 15.2. The Balaban J connectivity index is 2.45. The van der Waals surface area contributed by atoms with Gasteiger partial charge in [0.25, 0.3) is 0 Å². The van der Waals surface area contributed by atoms with Gasteiger partial charge in [-0.1, -0.05) is 25.4 Å². The summed E-state index contributed by atoms with van der Waals surface area (Å²) in [5.74, 6) is 0.0102. The molecule has 1 atom stereocenters. The topological polar surface area (TPSA) is 49.3 Å². The number of rotatable bonds is 7. The van der Waals surface area contributed by atoms with Crippen LogP contribution in [0.1, 0.15) is 27.2 Å². The van der Waals surface area contributed by atoms with E-state index in [-0.39, 0.29) is 23.2 Å². The van der Waals surface area contributed by atoms with E-state index in [1.54, 1.807) is 0 Å². The number of nitrogens with one attached hydrogen (secondary N) is 1. The quantitative estimate of drug-likeness (QED) is 0.759. The van der Waals surface area contributed by atoms with Crippen molar-refractivity contribution < 1.29 is 9.90 Å². The highest BCUT2D eigenvalue weighted by atomic mass is 35.5. The third-order valence-electron chi connectivity index (χ3n) is 3.03. The maximum Gasteiger partial charge on any atom is 0.233 e. The molecule has 5 heteroatoms. The number of halogens is 1. The first-order valence-corrected chi connectivity index (χ1v) is 7.90. The number of carbonyl (C=O) groups is 1. The molecule has 0 saturated heterocycles. The van der Waals surface area contributed by atoms with Gasteiger partial charge >= 0.3 is 0 Å². The fraction of sp³-hybridized carbons (Fsp3) is 0.533. The molecule has 2 N–H and O–H groups in total. The van der Waals surface area contributed by atoms with Crippen LogP contribution in [0.2, 0.25) is 5.02 Å². The zero-order valence-corrected chi connectivity index (χ0v) is 13.7. The van der Waals surface area contributed by atoms with Gasteiger partial charge in [-0.25, -0.2) is 0 Å². The summed E-state index contributed by atoms with van der Waals surface area (Å²) < 4.78 is 0. The molecule has 1 unspecified atom stereocenters. The second kappa shape index (κ2) is 7.91. The van der Waals surface area contributed by atoms with E-state index >= 15 is 0 Å². The highest BCUT2D eigenvalue weighted by Crippen LogP contribution is 2.25. The molecule has 0 radical (unpaired) electrons. The predicted octanol–water partition coefficient (Wildman–Crippen LogP) is 3.35. The molecule has 1 amide bonds. The Bertz CT molecular complexity index is 434. The van der Waals surface area contributed by atoms with Gasteiger partial charge in [-0.05, 0) is 43.0 Å². The molecule has 0 aliphatic carbocycles. The van der Waals surface area contributed by atoms with Crippen molar-refractivity contribution in [2.45, 2.75) is 37.3 Å². The number of aliphatic hydroxyl groups excluding tert-OH is 1. The van der Waals surface area contributed by atoms with Gasteiger partial charge in [-0.15, -0.1) is 11.8 Å². The van der Waals surface area contributed by atoms with E-state index in [9.17, 15) is 4.79 Å². The van der Waals surface area contributed by atoms with Gasteiger partial charge in [-0.2, -0.15) is 0 Å². The van der Waals surface area contributed by atoms with Gasteiger partial charge in [0, 0.05) is 23.1 Å². The SMILES string of the molecule is CC(Sc1ccc(Cl)cc1)C(=O)NCC(C)(C)CCO. The lowest BCUT2D eigenvalue weighted by Gasteiger charge is -2.24. The molecule has 0 bridgehead atoms. The van der Waals surface area contributed by atoms with Crippen LogP contribution in [0.3, 0.4) is 0 Å². The lowest BCUT2D eigenvalue weighted by molar-refractivity contribution is -0.120.